The molecule has 0 saturated carbocycles. The highest BCUT2D eigenvalue weighted by Crippen LogP contribution is 2.46. The summed E-state index contributed by atoms with van der Waals surface area (Å²) >= 11 is 0. The van der Waals surface area contributed by atoms with Crippen molar-refractivity contribution < 1.29 is 14.4 Å². The summed E-state index contributed by atoms with van der Waals surface area (Å²) in [5, 5.41) is 1.02. The third-order valence-electron chi connectivity index (χ3n) is 6.78. The van der Waals surface area contributed by atoms with Crippen LogP contribution in [0.25, 0.3) is 10.9 Å². The van der Waals surface area contributed by atoms with Gasteiger partial charge in [-0.1, -0.05) is 24.3 Å². The molecule has 1 atom stereocenters. The van der Waals surface area contributed by atoms with Crippen molar-refractivity contribution in [2.75, 3.05) is 26.2 Å². The molecule has 0 bridgehead atoms. The maximum atomic E-state index is 13.0. The van der Waals surface area contributed by atoms with Crippen LogP contribution in [0.4, 0.5) is 4.79 Å². The number of likely N-dealkylation sites (N-methyl/N-ethyl adjacent to an activating group) is 1. The topological polar surface area (TPSA) is 73.8 Å². The Bertz CT molecular complexity index is 986. The molecule has 150 valence electrons. The smallest absolute Gasteiger partial charge is 0.327 e. The molecule has 1 spiro atoms. The number of hydrogen-bond donors (Lipinski definition) is 0. The van der Waals surface area contributed by atoms with Crippen LogP contribution >= 0.6 is 0 Å². The quantitative estimate of drug-likeness (QED) is 0.736. The van der Waals surface area contributed by atoms with Gasteiger partial charge in [-0.05, 0) is 43.7 Å². The Morgan fingerprint density at radius 1 is 1.14 bits per heavy atom. The molecule has 1 unspecified atom stereocenters. The molecule has 0 aliphatic carbocycles. The summed E-state index contributed by atoms with van der Waals surface area (Å²) in [5.41, 5.74) is 1.24. The predicted molar refractivity (Wildman–Crippen MR) is 107 cm³/mol. The van der Waals surface area contributed by atoms with Crippen LogP contribution in [0.1, 0.15) is 36.7 Å². The van der Waals surface area contributed by atoms with Crippen LogP contribution in [0.2, 0.25) is 0 Å². The van der Waals surface area contributed by atoms with Crippen molar-refractivity contribution >= 4 is 28.7 Å². The first-order chi connectivity index (χ1) is 14.0. The van der Waals surface area contributed by atoms with E-state index in [2.05, 4.69) is 4.98 Å². The van der Waals surface area contributed by atoms with Crippen LogP contribution in [0.15, 0.2) is 36.4 Å². The Morgan fingerprint density at radius 3 is 2.62 bits per heavy atom. The molecule has 1 aromatic heterocycles. The normalized spacial score (nSPS) is 23.3. The van der Waals surface area contributed by atoms with Gasteiger partial charge in [-0.15, -0.1) is 0 Å². The summed E-state index contributed by atoms with van der Waals surface area (Å²) in [6, 6.07) is 11.0. The van der Waals surface area contributed by atoms with Gasteiger partial charge in [-0.3, -0.25) is 14.5 Å². The van der Waals surface area contributed by atoms with Crippen molar-refractivity contribution in [3.05, 3.63) is 42.1 Å². The molecule has 3 aliphatic heterocycles. The average molecular weight is 392 g/mol. The number of carbonyl (C=O) groups excluding carboxylic acids is 3. The van der Waals surface area contributed by atoms with E-state index in [1.54, 1.807) is 11.0 Å². The number of nitrogens with zero attached hydrogens (tertiary/aromatic N) is 4. The van der Waals surface area contributed by atoms with Crippen LogP contribution in [-0.2, 0) is 4.79 Å². The summed E-state index contributed by atoms with van der Waals surface area (Å²) < 4.78 is 0. The van der Waals surface area contributed by atoms with Gasteiger partial charge in [-0.2, -0.15) is 0 Å². The van der Waals surface area contributed by atoms with Crippen LogP contribution in [0.3, 0.4) is 0 Å². The van der Waals surface area contributed by atoms with Crippen molar-refractivity contribution in [3.63, 3.8) is 0 Å². The molecule has 4 amide bonds. The number of piperidine rings is 1. The number of likely N-dealkylation sites (tertiary alicyclic amines) is 1. The second-order valence-corrected chi connectivity index (χ2v) is 8.39. The number of carbonyl (C=O) groups is 3. The van der Waals surface area contributed by atoms with Gasteiger partial charge in [0.2, 0.25) is 0 Å². The molecule has 7 nitrogen and oxygen atoms in total. The first kappa shape index (κ1) is 18.1. The highest BCUT2D eigenvalue weighted by atomic mass is 16.2. The molecule has 3 aliphatic rings. The maximum absolute atomic E-state index is 13.0. The third-order valence-corrected chi connectivity index (χ3v) is 6.78. The fraction of sp³-hybridized carbons (Fsp3) is 0.455. The summed E-state index contributed by atoms with van der Waals surface area (Å²) in [4.78, 5) is 47.4. The van der Waals surface area contributed by atoms with Crippen LogP contribution < -0.4 is 0 Å². The van der Waals surface area contributed by atoms with E-state index in [1.165, 1.54) is 4.90 Å². The van der Waals surface area contributed by atoms with Gasteiger partial charge in [-0.25, -0.2) is 9.78 Å². The Balaban J connectivity index is 1.28. The zero-order valence-corrected chi connectivity index (χ0v) is 16.5. The number of para-hydroxylation sites is 1. The van der Waals surface area contributed by atoms with E-state index < -0.39 is 0 Å². The Morgan fingerprint density at radius 2 is 1.90 bits per heavy atom. The van der Waals surface area contributed by atoms with E-state index >= 15 is 0 Å². The highest BCUT2D eigenvalue weighted by Gasteiger charge is 2.56. The van der Waals surface area contributed by atoms with Crippen molar-refractivity contribution in [2.24, 2.45) is 5.41 Å². The van der Waals surface area contributed by atoms with Gasteiger partial charge in [0, 0.05) is 31.6 Å². The van der Waals surface area contributed by atoms with Crippen LogP contribution in [0.5, 0.6) is 0 Å². The third kappa shape index (κ3) is 2.79. The first-order valence-corrected chi connectivity index (χ1v) is 10.3. The van der Waals surface area contributed by atoms with Gasteiger partial charge < -0.3 is 9.80 Å². The number of aromatic nitrogens is 1. The number of hydrogen-bond acceptors (Lipinski definition) is 4. The van der Waals surface area contributed by atoms with Gasteiger partial charge >= 0.3 is 6.03 Å². The van der Waals surface area contributed by atoms with Crippen molar-refractivity contribution in [1.29, 1.82) is 0 Å². The lowest BCUT2D eigenvalue weighted by Crippen LogP contribution is -2.45. The number of rotatable bonds is 2. The number of pyridine rings is 1. The molecule has 1 aromatic carbocycles. The minimum Gasteiger partial charge on any atom is -0.337 e. The fourth-order valence-corrected chi connectivity index (χ4v) is 5.09. The zero-order chi connectivity index (χ0) is 20.2. The molecular weight excluding hydrogens is 368 g/mol. The van der Waals surface area contributed by atoms with Crippen LogP contribution in [-0.4, -0.2) is 69.8 Å². The van der Waals surface area contributed by atoms with Crippen molar-refractivity contribution in [2.45, 2.75) is 32.2 Å². The molecule has 0 radical (unpaired) electrons. The van der Waals surface area contributed by atoms with E-state index in [4.69, 9.17) is 0 Å². The molecule has 4 heterocycles. The molecule has 29 heavy (non-hydrogen) atoms. The Labute approximate surface area is 169 Å². The minimum atomic E-state index is -0.313. The average Bonchev–Trinajstić information content (AvgIpc) is 3.22. The second-order valence-electron chi connectivity index (χ2n) is 8.39. The number of fused-ring (bicyclic) bond motifs is 2. The molecule has 3 fully saturated rings. The monoisotopic (exact) mass is 392 g/mol. The Kier molecular flexibility index (Phi) is 4.08. The lowest BCUT2D eigenvalue weighted by atomic mass is 9.76. The number of imide groups is 1. The Hall–Kier alpha value is -2.96. The van der Waals surface area contributed by atoms with E-state index in [0.717, 1.165) is 23.7 Å². The lowest BCUT2D eigenvalue weighted by Gasteiger charge is -2.39. The van der Waals surface area contributed by atoms with E-state index in [-0.39, 0.29) is 29.3 Å². The number of urea groups is 1. The van der Waals surface area contributed by atoms with E-state index in [0.29, 0.717) is 38.3 Å². The van der Waals surface area contributed by atoms with E-state index in [9.17, 15) is 14.4 Å². The first-order valence-electron chi connectivity index (χ1n) is 10.3. The van der Waals surface area contributed by atoms with Crippen molar-refractivity contribution in [1.82, 2.24) is 19.7 Å². The molecule has 2 aromatic rings. The standard InChI is InChI=1S/C22H24N4O3/c1-2-25-20(28)18-13-22(14-26(18)21(25)29)9-11-24(12-10-22)19(27)17-8-7-15-5-3-4-6-16(15)23-17/h3-8,18H,2,9-14H2,1H3. The molecular formula is C22H24N4O3. The fourth-order valence-electron chi connectivity index (χ4n) is 5.09. The zero-order valence-electron chi connectivity index (χ0n) is 16.5. The minimum absolute atomic E-state index is 0.0478. The van der Waals surface area contributed by atoms with Crippen molar-refractivity contribution in [3.8, 4) is 0 Å². The summed E-state index contributed by atoms with van der Waals surface area (Å²) in [6.07, 6.45) is 2.34. The highest BCUT2D eigenvalue weighted by molar-refractivity contribution is 6.04. The number of benzene rings is 1. The second kappa shape index (κ2) is 6.54. The largest absolute Gasteiger partial charge is 0.337 e. The van der Waals surface area contributed by atoms with Gasteiger partial charge in [0.05, 0.1) is 5.52 Å². The van der Waals surface area contributed by atoms with Crippen LogP contribution in [0, 0.1) is 5.41 Å². The van der Waals surface area contributed by atoms with Gasteiger partial charge in [0.1, 0.15) is 11.7 Å². The summed E-state index contributed by atoms with van der Waals surface area (Å²) in [7, 11) is 0. The predicted octanol–water partition coefficient (Wildman–Crippen LogP) is 2.51. The molecule has 7 heteroatoms. The molecule has 3 saturated heterocycles. The van der Waals surface area contributed by atoms with E-state index in [1.807, 2.05) is 42.2 Å². The SMILES string of the molecule is CCN1C(=O)C2CC3(CCN(C(=O)c4ccc5ccccc5n4)CC3)CN2C1=O. The maximum Gasteiger partial charge on any atom is 0.327 e. The lowest BCUT2D eigenvalue weighted by molar-refractivity contribution is -0.128. The number of amides is 4. The summed E-state index contributed by atoms with van der Waals surface area (Å²) in [5.74, 6) is -0.110. The molecule has 5 rings (SSSR count). The summed E-state index contributed by atoms with van der Waals surface area (Å²) in [6.45, 7) is 4.15. The molecule has 0 N–H and O–H groups in total. The van der Waals surface area contributed by atoms with Gasteiger partial charge in [0.15, 0.2) is 0 Å². The van der Waals surface area contributed by atoms with Gasteiger partial charge in [0.25, 0.3) is 11.8 Å².